The van der Waals surface area contributed by atoms with Crippen molar-refractivity contribution >= 4 is 11.6 Å². The van der Waals surface area contributed by atoms with Gasteiger partial charge in [0.05, 0.1) is 11.3 Å². The Balaban J connectivity index is 1.82. The van der Waals surface area contributed by atoms with Crippen molar-refractivity contribution in [2.45, 2.75) is 50.9 Å². The van der Waals surface area contributed by atoms with Crippen molar-refractivity contribution in [1.82, 2.24) is 4.98 Å². The van der Waals surface area contributed by atoms with E-state index in [9.17, 15) is 0 Å². The minimum Gasteiger partial charge on any atom is -0.353 e. The molecule has 20 heavy (non-hydrogen) atoms. The van der Waals surface area contributed by atoms with Crippen molar-refractivity contribution in [3.63, 3.8) is 0 Å². The largest absolute Gasteiger partial charge is 0.353 e. The van der Waals surface area contributed by atoms with Gasteiger partial charge in [-0.2, -0.15) is 5.26 Å². The number of fused-ring (bicyclic) bond motifs is 1. The summed E-state index contributed by atoms with van der Waals surface area (Å²) in [6.07, 6.45) is 5.90. The molecule has 1 aliphatic carbocycles. The Morgan fingerprint density at radius 1 is 1.35 bits per heavy atom. The molecule has 1 aromatic rings. The molecule has 0 bridgehead atoms. The summed E-state index contributed by atoms with van der Waals surface area (Å²) in [4.78, 5) is 4.39. The summed E-state index contributed by atoms with van der Waals surface area (Å²) in [6, 6.07) is 3.93. The molecule has 106 valence electrons. The highest BCUT2D eigenvalue weighted by molar-refractivity contribution is 6.30. The zero-order valence-corrected chi connectivity index (χ0v) is 12.0. The Labute approximate surface area is 123 Å². The first-order valence-electron chi connectivity index (χ1n) is 7.14. The van der Waals surface area contributed by atoms with E-state index >= 15 is 0 Å². The average molecular weight is 293 g/mol. The van der Waals surface area contributed by atoms with Gasteiger partial charge in [0, 0.05) is 6.61 Å². The Bertz CT molecular complexity index is 535. The van der Waals surface area contributed by atoms with Crippen molar-refractivity contribution in [3.8, 4) is 6.07 Å². The first-order valence-corrected chi connectivity index (χ1v) is 7.52. The molecule has 3 rings (SSSR count). The van der Waals surface area contributed by atoms with Gasteiger partial charge in [-0.1, -0.05) is 11.6 Å². The number of hydrogen-bond donors (Lipinski definition) is 0. The first kappa shape index (κ1) is 13.8. The van der Waals surface area contributed by atoms with Gasteiger partial charge in [-0.15, -0.1) is 0 Å². The SMILES string of the molecule is N#Cc1cc2c(nc1Cl)C(OC1CCCCO1)CCC2. The summed E-state index contributed by atoms with van der Waals surface area (Å²) in [5.41, 5.74) is 2.41. The molecule has 5 heteroatoms. The summed E-state index contributed by atoms with van der Waals surface area (Å²) in [5.74, 6) is 0. The van der Waals surface area contributed by atoms with E-state index in [1.165, 1.54) is 0 Å². The van der Waals surface area contributed by atoms with E-state index in [0.717, 1.165) is 56.4 Å². The standard InChI is InChI=1S/C15H17ClN2O2/c16-15-11(9-17)8-10-4-3-5-12(14(10)18-15)20-13-6-1-2-7-19-13/h8,12-13H,1-7H2. The van der Waals surface area contributed by atoms with Crippen LogP contribution in [0.5, 0.6) is 0 Å². The second-order valence-corrected chi connectivity index (χ2v) is 5.65. The molecule has 2 atom stereocenters. The third kappa shape index (κ3) is 2.80. The van der Waals surface area contributed by atoms with Crippen molar-refractivity contribution in [3.05, 3.63) is 28.0 Å². The van der Waals surface area contributed by atoms with Crippen LogP contribution < -0.4 is 0 Å². The molecule has 0 N–H and O–H groups in total. The number of rotatable bonds is 2. The second-order valence-electron chi connectivity index (χ2n) is 5.30. The molecular formula is C15H17ClN2O2. The van der Waals surface area contributed by atoms with Gasteiger partial charge in [0.15, 0.2) is 6.29 Å². The summed E-state index contributed by atoms with van der Waals surface area (Å²) >= 11 is 6.05. The lowest BCUT2D eigenvalue weighted by atomic mass is 9.92. The smallest absolute Gasteiger partial charge is 0.158 e. The number of pyridine rings is 1. The number of ether oxygens (including phenoxy) is 2. The van der Waals surface area contributed by atoms with Crippen molar-refractivity contribution < 1.29 is 9.47 Å². The molecule has 0 saturated carbocycles. The highest BCUT2D eigenvalue weighted by atomic mass is 35.5. The third-order valence-corrected chi connectivity index (χ3v) is 4.17. The number of aromatic nitrogens is 1. The molecule has 4 nitrogen and oxygen atoms in total. The van der Waals surface area contributed by atoms with Crippen LogP contribution in [0.2, 0.25) is 5.15 Å². The maximum Gasteiger partial charge on any atom is 0.158 e. The van der Waals surface area contributed by atoms with Crippen molar-refractivity contribution in [1.29, 1.82) is 5.26 Å². The van der Waals surface area contributed by atoms with Gasteiger partial charge in [-0.25, -0.2) is 4.98 Å². The molecule has 2 unspecified atom stereocenters. The van der Waals surface area contributed by atoms with E-state index < -0.39 is 0 Å². The fraction of sp³-hybridized carbons (Fsp3) is 0.600. The second kappa shape index (κ2) is 6.09. The molecule has 1 aliphatic heterocycles. The quantitative estimate of drug-likeness (QED) is 0.783. The van der Waals surface area contributed by atoms with Crippen LogP contribution in [0.4, 0.5) is 0 Å². The molecule has 0 radical (unpaired) electrons. The van der Waals surface area contributed by atoms with Crippen LogP contribution in [0.1, 0.15) is 55.0 Å². The molecular weight excluding hydrogens is 276 g/mol. The number of nitriles is 1. The molecule has 1 fully saturated rings. The minimum absolute atomic E-state index is 0.0629. The van der Waals surface area contributed by atoms with E-state index in [4.69, 9.17) is 26.3 Å². The number of halogens is 1. The molecule has 1 saturated heterocycles. The zero-order chi connectivity index (χ0) is 13.9. The molecule has 2 aliphatic rings. The summed E-state index contributed by atoms with van der Waals surface area (Å²) in [6.45, 7) is 0.770. The van der Waals surface area contributed by atoms with Crippen LogP contribution in [0, 0.1) is 11.3 Å². The van der Waals surface area contributed by atoms with Gasteiger partial charge in [-0.3, -0.25) is 0 Å². The van der Waals surface area contributed by atoms with E-state index in [1.54, 1.807) is 0 Å². The Morgan fingerprint density at radius 2 is 2.25 bits per heavy atom. The highest BCUT2D eigenvalue weighted by Gasteiger charge is 2.27. The molecule has 0 spiro atoms. The fourth-order valence-electron chi connectivity index (χ4n) is 2.85. The van der Waals surface area contributed by atoms with E-state index in [2.05, 4.69) is 11.1 Å². The van der Waals surface area contributed by atoms with Crippen LogP contribution in [0.25, 0.3) is 0 Å². The van der Waals surface area contributed by atoms with E-state index in [1.807, 2.05) is 6.07 Å². The zero-order valence-electron chi connectivity index (χ0n) is 11.3. The Morgan fingerprint density at radius 3 is 3.00 bits per heavy atom. The van der Waals surface area contributed by atoms with Gasteiger partial charge in [0.25, 0.3) is 0 Å². The van der Waals surface area contributed by atoms with Gasteiger partial charge in [0.1, 0.15) is 17.3 Å². The highest BCUT2D eigenvalue weighted by Crippen LogP contribution is 2.35. The average Bonchev–Trinajstić information content (AvgIpc) is 2.48. The number of hydrogen-bond acceptors (Lipinski definition) is 4. The van der Waals surface area contributed by atoms with Crippen LogP contribution in [0.3, 0.4) is 0 Å². The van der Waals surface area contributed by atoms with Gasteiger partial charge in [-0.05, 0) is 50.2 Å². The molecule has 1 aromatic heterocycles. The van der Waals surface area contributed by atoms with Crippen LogP contribution in [0.15, 0.2) is 6.07 Å². The predicted octanol–water partition coefficient (Wildman–Crippen LogP) is 3.53. The first-order chi connectivity index (χ1) is 9.78. The van der Waals surface area contributed by atoms with Crippen molar-refractivity contribution in [2.75, 3.05) is 6.61 Å². The summed E-state index contributed by atoms with van der Waals surface area (Å²) < 4.78 is 11.7. The summed E-state index contributed by atoms with van der Waals surface area (Å²) in [5, 5.41) is 9.29. The summed E-state index contributed by atoms with van der Waals surface area (Å²) in [7, 11) is 0. The Kier molecular flexibility index (Phi) is 4.21. The lowest BCUT2D eigenvalue weighted by molar-refractivity contribution is -0.193. The van der Waals surface area contributed by atoms with Gasteiger partial charge in [0.2, 0.25) is 0 Å². The maximum atomic E-state index is 9.02. The van der Waals surface area contributed by atoms with Crippen molar-refractivity contribution in [2.24, 2.45) is 0 Å². The Hall–Kier alpha value is -1.15. The molecule has 2 heterocycles. The number of aryl methyl sites for hydroxylation is 1. The molecule has 0 aromatic carbocycles. The predicted molar refractivity (Wildman–Crippen MR) is 74.3 cm³/mol. The van der Waals surface area contributed by atoms with Crippen LogP contribution in [-0.2, 0) is 15.9 Å². The van der Waals surface area contributed by atoms with E-state index in [0.29, 0.717) is 5.56 Å². The lowest BCUT2D eigenvalue weighted by Gasteiger charge is -2.30. The molecule has 0 amide bonds. The normalized spacial score (nSPS) is 25.8. The van der Waals surface area contributed by atoms with Crippen LogP contribution >= 0.6 is 11.6 Å². The van der Waals surface area contributed by atoms with E-state index in [-0.39, 0.29) is 17.5 Å². The lowest BCUT2D eigenvalue weighted by Crippen LogP contribution is -2.26. The van der Waals surface area contributed by atoms with Gasteiger partial charge < -0.3 is 9.47 Å². The number of nitrogens with zero attached hydrogens (tertiary/aromatic N) is 2. The van der Waals surface area contributed by atoms with Crippen LogP contribution in [-0.4, -0.2) is 17.9 Å². The third-order valence-electron chi connectivity index (χ3n) is 3.88. The monoisotopic (exact) mass is 292 g/mol. The minimum atomic E-state index is -0.129. The van der Waals surface area contributed by atoms with Gasteiger partial charge >= 0.3 is 0 Å². The topological polar surface area (TPSA) is 55.1 Å². The maximum absolute atomic E-state index is 9.02. The fourth-order valence-corrected chi connectivity index (χ4v) is 3.04.